The Bertz CT molecular complexity index is 1070. The molecule has 0 bridgehead atoms. The Morgan fingerprint density at radius 2 is 2.00 bits per heavy atom. The first kappa shape index (κ1) is 18.2. The fourth-order valence-electron chi connectivity index (χ4n) is 3.27. The number of H-pyrrole nitrogens is 1. The van der Waals surface area contributed by atoms with Crippen LogP contribution in [0.1, 0.15) is 24.0 Å². The molecule has 144 valence electrons. The molecule has 4 rings (SSSR count). The van der Waals surface area contributed by atoms with Gasteiger partial charge < -0.3 is 15.0 Å². The van der Waals surface area contributed by atoms with Crippen molar-refractivity contribution in [2.45, 2.75) is 19.0 Å². The number of allylic oxidation sites excluding steroid dienone is 1. The predicted octanol–water partition coefficient (Wildman–Crippen LogP) is 5.38. The molecule has 2 aromatic carbocycles. The van der Waals surface area contributed by atoms with Gasteiger partial charge in [-0.3, -0.25) is 4.79 Å². The number of nitrogens with one attached hydrogen (secondary N) is 2. The average Bonchev–Trinajstić information content (AvgIpc) is 3.02. The van der Waals surface area contributed by atoms with E-state index in [1.54, 1.807) is 6.07 Å². The number of fused-ring (bicyclic) bond motifs is 2. The van der Waals surface area contributed by atoms with Gasteiger partial charge in [-0.15, -0.1) is 0 Å². The molecule has 1 amide bonds. The lowest BCUT2D eigenvalue weighted by molar-refractivity contribution is -0.137. The lowest BCUT2D eigenvalue weighted by Gasteiger charge is -2.13. The lowest BCUT2D eigenvalue weighted by Crippen LogP contribution is -2.09. The molecule has 1 aliphatic heterocycles. The molecule has 28 heavy (non-hydrogen) atoms. The Morgan fingerprint density at radius 3 is 2.82 bits per heavy atom. The lowest BCUT2D eigenvalue weighted by atomic mass is 9.99. The van der Waals surface area contributed by atoms with E-state index in [2.05, 4.69) is 10.3 Å². The first-order valence-corrected chi connectivity index (χ1v) is 8.83. The topological polar surface area (TPSA) is 54.1 Å². The van der Waals surface area contributed by atoms with Gasteiger partial charge in [0.2, 0.25) is 5.91 Å². The van der Waals surface area contributed by atoms with Crippen molar-refractivity contribution in [2.75, 3.05) is 11.9 Å². The van der Waals surface area contributed by atoms with Crippen LogP contribution in [0, 0.1) is 0 Å². The van der Waals surface area contributed by atoms with Gasteiger partial charge in [-0.25, -0.2) is 0 Å². The van der Waals surface area contributed by atoms with Crippen molar-refractivity contribution in [3.05, 3.63) is 65.9 Å². The molecule has 2 N–H and O–H groups in total. The normalized spacial score (nSPS) is 15.8. The molecule has 0 saturated carbocycles. The van der Waals surface area contributed by atoms with Gasteiger partial charge >= 0.3 is 6.18 Å². The first-order chi connectivity index (χ1) is 13.4. The molecule has 3 aromatic rings. The average molecular weight is 386 g/mol. The first-order valence-electron chi connectivity index (χ1n) is 8.83. The van der Waals surface area contributed by atoms with Crippen LogP contribution in [-0.2, 0) is 11.0 Å². The molecule has 4 nitrogen and oxygen atoms in total. The fraction of sp³-hybridized carbons (Fsp3) is 0.190. The minimum absolute atomic E-state index is 0.152. The van der Waals surface area contributed by atoms with E-state index in [9.17, 15) is 18.0 Å². The van der Waals surface area contributed by atoms with Crippen LogP contribution in [0.25, 0.3) is 16.5 Å². The van der Waals surface area contributed by atoms with Gasteiger partial charge in [-0.05, 0) is 54.1 Å². The van der Waals surface area contributed by atoms with Crippen LogP contribution < -0.4 is 10.1 Å². The second kappa shape index (κ2) is 7.07. The molecule has 0 aliphatic carbocycles. The molecule has 1 aliphatic rings. The number of aromatic nitrogens is 1. The number of rotatable bonds is 2. The summed E-state index contributed by atoms with van der Waals surface area (Å²) in [6, 6.07) is 10.8. The SMILES string of the molecule is O=C(C=C1CCCOc2cc(C(F)(F)F)ccc21)Nc1ccc2cc[nH]c2c1. The maximum Gasteiger partial charge on any atom is 0.416 e. The van der Waals surface area contributed by atoms with E-state index >= 15 is 0 Å². The zero-order valence-corrected chi connectivity index (χ0v) is 14.8. The van der Waals surface area contributed by atoms with Crippen LogP contribution in [0.2, 0.25) is 0 Å². The Morgan fingerprint density at radius 1 is 1.14 bits per heavy atom. The second-order valence-electron chi connectivity index (χ2n) is 6.60. The van der Waals surface area contributed by atoms with Gasteiger partial charge in [0, 0.05) is 29.0 Å². The quantitative estimate of drug-likeness (QED) is 0.581. The van der Waals surface area contributed by atoms with E-state index in [-0.39, 0.29) is 11.7 Å². The third-order valence-corrected chi connectivity index (χ3v) is 4.63. The molecule has 1 aromatic heterocycles. The molecular formula is C21H17F3N2O2. The fourth-order valence-corrected chi connectivity index (χ4v) is 3.27. The van der Waals surface area contributed by atoms with Crippen LogP contribution in [0.5, 0.6) is 5.75 Å². The van der Waals surface area contributed by atoms with Gasteiger partial charge in [0.1, 0.15) is 5.75 Å². The zero-order chi connectivity index (χ0) is 19.7. The molecule has 0 atom stereocenters. The number of hydrogen-bond donors (Lipinski definition) is 2. The van der Waals surface area contributed by atoms with E-state index in [1.807, 2.05) is 24.4 Å². The summed E-state index contributed by atoms with van der Waals surface area (Å²) in [5, 5.41) is 3.84. The molecule has 0 fully saturated rings. The van der Waals surface area contributed by atoms with E-state index in [0.717, 1.165) is 23.0 Å². The van der Waals surface area contributed by atoms with E-state index in [0.29, 0.717) is 36.3 Å². The monoisotopic (exact) mass is 386 g/mol. The zero-order valence-electron chi connectivity index (χ0n) is 14.8. The third-order valence-electron chi connectivity index (χ3n) is 4.63. The minimum atomic E-state index is -4.44. The van der Waals surface area contributed by atoms with Crippen molar-refractivity contribution >= 4 is 28.1 Å². The van der Waals surface area contributed by atoms with Gasteiger partial charge in [0.05, 0.1) is 12.2 Å². The van der Waals surface area contributed by atoms with Crippen molar-refractivity contribution in [1.82, 2.24) is 4.98 Å². The predicted molar refractivity (Wildman–Crippen MR) is 101 cm³/mol. The summed E-state index contributed by atoms with van der Waals surface area (Å²) in [4.78, 5) is 15.6. The molecular weight excluding hydrogens is 369 g/mol. The van der Waals surface area contributed by atoms with E-state index in [1.165, 1.54) is 12.1 Å². The van der Waals surface area contributed by atoms with Crippen LogP contribution in [-0.4, -0.2) is 17.5 Å². The second-order valence-corrected chi connectivity index (χ2v) is 6.60. The number of hydrogen-bond acceptors (Lipinski definition) is 2. The highest BCUT2D eigenvalue weighted by Crippen LogP contribution is 2.38. The summed E-state index contributed by atoms with van der Waals surface area (Å²) in [6.45, 7) is 0.302. The Balaban J connectivity index is 1.60. The smallest absolute Gasteiger partial charge is 0.416 e. The number of amides is 1. The Hall–Kier alpha value is -3.22. The third kappa shape index (κ3) is 3.74. The Labute approximate surface area is 159 Å². The highest BCUT2D eigenvalue weighted by molar-refractivity contribution is 6.05. The number of benzene rings is 2. The molecule has 0 unspecified atom stereocenters. The number of halogens is 3. The largest absolute Gasteiger partial charge is 0.493 e. The number of aromatic amines is 1. The van der Waals surface area contributed by atoms with Gasteiger partial charge in [0.25, 0.3) is 0 Å². The Kier molecular flexibility index (Phi) is 4.58. The van der Waals surface area contributed by atoms with Crippen LogP contribution in [0.3, 0.4) is 0 Å². The summed E-state index contributed by atoms with van der Waals surface area (Å²) in [5.41, 5.74) is 1.93. The number of anilines is 1. The van der Waals surface area contributed by atoms with Crippen LogP contribution in [0.15, 0.2) is 54.7 Å². The number of carbonyl (C=O) groups excluding carboxylic acids is 1. The summed E-state index contributed by atoms with van der Waals surface area (Å²) >= 11 is 0. The molecule has 0 spiro atoms. The standard InChI is InChI=1S/C21H17F3N2O2/c22-21(23,24)15-4-6-17-14(2-1-9-28-19(17)11-15)10-20(27)26-16-5-3-13-7-8-25-18(13)12-16/h3-8,10-12,25H,1-2,9H2,(H,26,27). The van der Waals surface area contributed by atoms with Crippen molar-refractivity contribution < 1.29 is 22.7 Å². The highest BCUT2D eigenvalue weighted by Gasteiger charge is 2.32. The van der Waals surface area contributed by atoms with Crippen molar-refractivity contribution in [1.29, 1.82) is 0 Å². The summed E-state index contributed by atoms with van der Waals surface area (Å²) in [6.07, 6.45) is -0.0387. The minimum Gasteiger partial charge on any atom is -0.493 e. The van der Waals surface area contributed by atoms with Crippen LogP contribution >= 0.6 is 0 Å². The number of carbonyl (C=O) groups is 1. The molecule has 0 radical (unpaired) electrons. The van der Waals surface area contributed by atoms with Crippen LogP contribution in [0.4, 0.5) is 18.9 Å². The van der Waals surface area contributed by atoms with Gasteiger partial charge in [-0.1, -0.05) is 12.1 Å². The highest BCUT2D eigenvalue weighted by atomic mass is 19.4. The maximum absolute atomic E-state index is 13.0. The summed E-state index contributed by atoms with van der Waals surface area (Å²) < 4.78 is 44.4. The van der Waals surface area contributed by atoms with Crippen molar-refractivity contribution in [3.63, 3.8) is 0 Å². The maximum atomic E-state index is 13.0. The number of alkyl halides is 3. The number of ether oxygens (including phenoxy) is 1. The van der Waals surface area contributed by atoms with Gasteiger partial charge in [0.15, 0.2) is 0 Å². The summed E-state index contributed by atoms with van der Waals surface area (Å²) in [7, 11) is 0. The molecule has 7 heteroatoms. The van der Waals surface area contributed by atoms with Crippen molar-refractivity contribution in [2.24, 2.45) is 0 Å². The van der Waals surface area contributed by atoms with Gasteiger partial charge in [-0.2, -0.15) is 13.2 Å². The molecule has 2 heterocycles. The van der Waals surface area contributed by atoms with E-state index < -0.39 is 11.7 Å². The molecule has 0 saturated heterocycles. The van der Waals surface area contributed by atoms with E-state index in [4.69, 9.17) is 4.74 Å². The summed E-state index contributed by atoms with van der Waals surface area (Å²) in [5.74, 6) is -0.187. The van der Waals surface area contributed by atoms with Crippen molar-refractivity contribution in [3.8, 4) is 5.75 Å².